The van der Waals surface area contributed by atoms with E-state index in [9.17, 15) is 13.6 Å². The number of rotatable bonds is 4. The second-order valence-corrected chi connectivity index (χ2v) is 5.95. The van der Waals surface area contributed by atoms with Crippen LogP contribution in [-0.4, -0.2) is 50.3 Å². The summed E-state index contributed by atoms with van der Waals surface area (Å²) >= 11 is 0. The van der Waals surface area contributed by atoms with Crippen molar-refractivity contribution in [2.45, 2.75) is 12.5 Å². The Kier molecular flexibility index (Phi) is 4.40. The van der Waals surface area contributed by atoms with Gasteiger partial charge in [-0.05, 0) is 24.5 Å². The summed E-state index contributed by atoms with van der Waals surface area (Å²) in [6, 6.07) is 2.91. The highest BCUT2D eigenvalue weighted by atomic mass is 19.1. The van der Waals surface area contributed by atoms with Crippen LogP contribution >= 0.6 is 0 Å². The Balaban J connectivity index is 1.68. The van der Waals surface area contributed by atoms with Gasteiger partial charge >= 0.3 is 0 Å². The van der Waals surface area contributed by atoms with Crippen molar-refractivity contribution in [1.29, 1.82) is 0 Å². The maximum absolute atomic E-state index is 13.3. The van der Waals surface area contributed by atoms with Crippen LogP contribution in [0, 0.1) is 23.5 Å². The Morgan fingerprint density at radius 2 is 2.05 bits per heavy atom. The van der Waals surface area contributed by atoms with Crippen molar-refractivity contribution < 1.29 is 23.0 Å². The van der Waals surface area contributed by atoms with E-state index in [-0.39, 0.29) is 23.5 Å². The third-order valence-corrected chi connectivity index (χ3v) is 4.53. The lowest BCUT2D eigenvalue weighted by Crippen LogP contribution is -2.31. The number of likely N-dealkylation sites (tertiary alicyclic amines) is 1. The van der Waals surface area contributed by atoms with Gasteiger partial charge < -0.3 is 14.4 Å². The lowest BCUT2D eigenvalue weighted by Gasteiger charge is -2.20. The molecule has 1 amide bonds. The third-order valence-electron chi connectivity index (χ3n) is 4.53. The van der Waals surface area contributed by atoms with E-state index in [1.807, 2.05) is 0 Å². The van der Waals surface area contributed by atoms with Gasteiger partial charge in [-0.25, -0.2) is 8.78 Å². The topological polar surface area (TPSA) is 38.8 Å². The second-order valence-electron chi connectivity index (χ2n) is 5.95. The number of hydrogen-bond acceptors (Lipinski definition) is 3. The van der Waals surface area contributed by atoms with Gasteiger partial charge in [0.15, 0.2) is 0 Å². The smallest absolute Gasteiger partial charge is 0.254 e. The molecule has 120 valence electrons. The molecule has 2 saturated heterocycles. The van der Waals surface area contributed by atoms with Gasteiger partial charge in [0.25, 0.3) is 5.91 Å². The largest absolute Gasteiger partial charge is 0.385 e. The van der Waals surface area contributed by atoms with Gasteiger partial charge in [0.1, 0.15) is 11.6 Å². The van der Waals surface area contributed by atoms with E-state index in [4.69, 9.17) is 9.47 Å². The van der Waals surface area contributed by atoms with Crippen LogP contribution in [0.4, 0.5) is 8.78 Å². The summed E-state index contributed by atoms with van der Waals surface area (Å²) in [7, 11) is 1.66. The van der Waals surface area contributed by atoms with Crippen LogP contribution in [-0.2, 0) is 9.47 Å². The molecule has 2 heterocycles. The van der Waals surface area contributed by atoms with Gasteiger partial charge in [-0.1, -0.05) is 0 Å². The Bertz CT molecular complexity index is 546. The number of methoxy groups -OCH3 is 1. The van der Waals surface area contributed by atoms with E-state index in [2.05, 4.69) is 0 Å². The monoisotopic (exact) mass is 311 g/mol. The quantitative estimate of drug-likeness (QED) is 0.855. The predicted octanol–water partition coefficient (Wildman–Crippen LogP) is 2.09. The van der Waals surface area contributed by atoms with Crippen LogP contribution < -0.4 is 0 Å². The minimum absolute atomic E-state index is 0.0178. The van der Waals surface area contributed by atoms with E-state index in [1.165, 1.54) is 0 Å². The number of carbonyl (C=O) groups is 1. The molecule has 2 aliphatic rings. The van der Waals surface area contributed by atoms with E-state index in [0.29, 0.717) is 32.2 Å². The number of benzene rings is 1. The molecule has 0 aliphatic carbocycles. The fourth-order valence-corrected chi connectivity index (χ4v) is 3.39. The number of carbonyl (C=O) groups excluding carboxylic acids is 1. The number of nitrogens with zero attached hydrogens (tertiary/aromatic N) is 1. The minimum atomic E-state index is -0.739. The molecule has 0 bridgehead atoms. The number of amides is 1. The summed E-state index contributed by atoms with van der Waals surface area (Å²) in [4.78, 5) is 14.0. The van der Waals surface area contributed by atoms with Crippen LogP contribution in [0.15, 0.2) is 18.2 Å². The van der Waals surface area contributed by atoms with E-state index < -0.39 is 11.6 Å². The van der Waals surface area contributed by atoms with Crippen LogP contribution in [0.25, 0.3) is 0 Å². The van der Waals surface area contributed by atoms with Crippen LogP contribution in [0.1, 0.15) is 16.8 Å². The Morgan fingerprint density at radius 3 is 2.73 bits per heavy atom. The molecule has 0 unspecified atom stereocenters. The molecule has 0 aromatic heterocycles. The highest BCUT2D eigenvalue weighted by Crippen LogP contribution is 2.36. The SMILES string of the molecule is COCC[C@H]1CO[C@H]2CN(C(=O)c3cc(F)cc(F)c3)C[C@@H]12. The molecular formula is C16H19F2NO3. The second kappa shape index (κ2) is 6.30. The van der Waals surface area contributed by atoms with Crippen LogP contribution in [0.5, 0.6) is 0 Å². The average molecular weight is 311 g/mol. The molecular weight excluding hydrogens is 292 g/mol. The van der Waals surface area contributed by atoms with Crippen LogP contribution in [0.2, 0.25) is 0 Å². The van der Waals surface area contributed by atoms with Gasteiger partial charge in [0, 0.05) is 44.4 Å². The number of hydrogen-bond donors (Lipinski definition) is 0. The number of fused-ring (bicyclic) bond motifs is 1. The minimum Gasteiger partial charge on any atom is -0.385 e. The maximum Gasteiger partial charge on any atom is 0.254 e. The standard InChI is InChI=1S/C16H19F2NO3/c1-21-3-2-10-9-22-15-8-19(7-14(10)15)16(20)11-4-12(17)6-13(18)5-11/h4-6,10,14-15H,2-3,7-9H2,1H3/t10-,14-,15-/m0/s1. The molecule has 0 radical (unpaired) electrons. The highest BCUT2D eigenvalue weighted by Gasteiger charge is 2.45. The lowest BCUT2D eigenvalue weighted by molar-refractivity contribution is 0.0665. The van der Waals surface area contributed by atoms with Gasteiger partial charge in [-0.15, -0.1) is 0 Å². The maximum atomic E-state index is 13.3. The van der Waals surface area contributed by atoms with E-state index >= 15 is 0 Å². The van der Waals surface area contributed by atoms with Crippen molar-refractivity contribution in [1.82, 2.24) is 4.90 Å². The van der Waals surface area contributed by atoms with Crippen molar-refractivity contribution in [2.24, 2.45) is 11.8 Å². The van der Waals surface area contributed by atoms with E-state index in [0.717, 1.165) is 24.6 Å². The first-order chi connectivity index (χ1) is 10.6. The summed E-state index contributed by atoms with van der Waals surface area (Å²) in [6.07, 6.45) is 0.915. The highest BCUT2D eigenvalue weighted by molar-refractivity contribution is 5.94. The molecule has 1 aromatic carbocycles. The summed E-state index contributed by atoms with van der Waals surface area (Å²) in [5, 5.41) is 0. The molecule has 3 atom stereocenters. The van der Waals surface area contributed by atoms with Gasteiger partial charge in [-0.3, -0.25) is 4.79 Å². The normalized spacial score (nSPS) is 27.2. The first kappa shape index (κ1) is 15.4. The summed E-state index contributed by atoms with van der Waals surface area (Å²) in [5.74, 6) is -1.18. The molecule has 4 nitrogen and oxygen atoms in total. The third kappa shape index (κ3) is 2.98. The Hall–Kier alpha value is -1.53. The molecule has 0 spiro atoms. The number of ether oxygens (including phenoxy) is 2. The zero-order valence-electron chi connectivity index (χ0n) is 12.4. The Labute approximate surface area is 128 Å². The van der Waals surface area contributed by atoms with Crippen molar-refractivity contribution in [3.8, 4) is 0 Å². The van der Waals surface area contributed by atoms with Crippen molar-refractivity contribution >= 4 is 5.91 Å². The zero-order valence-corrected chi connectivity index (χ0v) is 12.4. The van der Waals surface area contributed by atoms with Crippen LogP contribution in [0.3, 0.4) is 0 Å². The van der Waals surface area contributed by atoms with Crippen molar-refractivity contribution in [3.63, 3.8) is 0 Å². The Morgan fingerprint density at radius 1 is 1.32 bits per heavy atom. The first-order valence-corrected chi connectivity index (χ1v) is 7.44. The van der Waals surface area contributed by atoms with Crippen molar-refractivity contribution in [3.05, 3.63) is 35.4 Å². The van der Waals surface area contributed by atoms with Crippen molar-refractivity contribution in [2.75, 3.05) is 33.4 Å². The van der Waals surface area contributed by atoms with Gasteiger partial charge in [-0.2, -0.15) is 0 Å². The molecule has 6 heteroatoms. The molecule has 22 heavy (non-hydrogen) atoms. The zero-order chi connectivity index (χ0) is 15.7. The fourth-order valence-electron chi connectivity index (χ4n) is 3.39. The average Bonchev–Trinajstić information content (AvgIpc) is 3.04. The lowest BCUT2D eigenvalue weighted by atomic mass is 9.91. The molecule has 0 saturated carbocycles. The van der Waals surface area contributed by atoms with Gasteiger partial charge in [0.2, 0.25) is 0 Å². The summed E-state index contributed by atoms with van der Waals surface area (Å²) < 4.78 is 37.4. The summed E-state index contributed by atoms with van der Waals surface area (Å²) in [6.45, 7) is 2.40. The number of halogens is 2. The molecule has 3 rings (SSSR count). The first-order valence-electron chi connectivity index (χ1n) is 7.44. The molecule has 0 N–H and O–H groups in total. The molecule has 2 aliphatic heterocycles. The van der Waals surface area contributed by atoms with E-state index in [1.54, 1.807) is 12.0 Å². The fraction of sp³-hybridized carbons (Fsp3) is 0.562. The molecule has 1 aromatic rings. The molecule has 2 fully saturated rings. The van der Waals surface area contributed by atoms with Gasteiger partial charge in [0.05, 0.1) is 12.7 Å². The summed E-state index contributed by atoms with van der Waals surface area (Å²) in [5.41, 5.74) is 0.0471. The predicted molar refractivity (Wildman–Crippen MR) is 75.5 cm³/mol.